The van der Waals surface area contributed by atoms with Gasteiger partial charge in [0.2, 0.25) is 0 Å². The number of benzene rings is 2. The van der Waals surface area contributed by atoms with Gasteiger partial charge in [0, 0.05) is 16.6 Å². The number of hydrogen-bond donors (Lipinski definition) is 0. The summed E-state index contributed by atoms with van der Waals surface area (Å²) in [6.07, 6.45) is 0. The number of rotatable bonds is 3. The van der Waals surface area contributed by atoms with Crippen molar-refractivity contribution in [3.8, 4) is 11.5 Å². The monoisotopic (exact) mass is 385 g/mol. The van der Waals surface area contributed by atoms with Gasteiger partial charge in [-0.25, -0.2) is 0 Å². The second-order valence-electron chi connectivity index (χ2n) is 3.88. The Hall–Kier alpha value is -1.40. The summed E-state index contributed by atoms with van der Waals surface area (Å²) >= 11 is 6.66. The van der Waals surface area contributed by atoms with Crippen molar-refractivity contribution in [2.45, 2.75) is 6.92 Å². The lowest BCUT2D eigenvalue weighted by molar-refractivity contribution is -0.384. The lowest BCUT2D eigenvalue weighted by atomic mass is 10.2. The molecule has 0 atom stereocenters. The zero-order chi connectivity index (χ0) is 14.0. The van der Waals surface area contributed by atoms with Gasteiger partial charge in [0.15, 0.2) is 0 Å². The maximum atomic E-state index is 10.7. The van der Waals surface area contributed by atoms with E-state index in [0.29, 0.717) is 16.0 Å². The predicted molar refractivity (Wildman–Crippen MR) is 79.7 cm³/mol. The average Bonchev–Trinajstić information content (AvgIpc) is 2.34. The number of nitro groups is 1. The quantitative estimate of drug-likeness (QED) is 0.536. The molecule has 0 radical (unpaired) electrons. The normalized spacial score (nSPS) is 10.3. The molecule has 4 nitrogen and oxygen atoms in total. The number of aryl methyl sites for hydroxylation is 1. The highest BCUT2D eigenvalue weighted by atomic mass is 79.9. The summed E-state index contributed by atoms with van der Waals surface area (Å²) in [4.78, 5) is 10.2. The smallest absolute Gasteiger partial charge is 0.270 e. The topological polar surface area (TPSA) is 52.4 Å². The molecule has 0 saturated carbocycles. The molecule has 0 aliphatic heterocycles. The van der Waals surface area contributed by atoms with Crippen LogP contribution in [0.15, 0.2) is 45.3 Å². The third-order valence-corrected chi connectivity index (χ3v) is 3.60. The van der Waals surface area contributed by atoms with Crippen molar-refractivity contribution in [1.82, 2.24) is 0 Å². The largest absolute Gasteiger partial charge is 0.456 e. The van der Waals surface area contributed by atoms with Gasteiger partial charge >= 0.3 is 0 Å². The minimum Gasteiger partial charge on any atom is -0.456 e. The first-order valence-corrected chi connectivity index (χ1v) is 6.94. The Labute approximate surface area is 126 Å². The van der Waals surface area contributed by atoms with E-state index >= 15 is 0 Å². The van der Waals surface area contributed by atoms with Crippen LogP contribution in [0.3, 0.4) is 0 Å². The fourth-order valence-corrected chi connectivity index (χ4v) is 2.46. The molecule has 0 fully saturated rings. The summed E-state index contributed by atoms with van der Waals surface area (Å²) in [6.45, 7) is 1.93. The summed E-state index contributed by atoms with van der Waals surface area (Å²) in [5.74, 6) is 1.24. The van der Waals surface area contributed by atoms with E-state index in [1.807, 2.05) is 25.1 Å². The molecule has 0 unspecified atom stereocenters. The van der Waals surface area contributed by atoms with Crippen LogP contribution in [0.2, 0.25) is 0 Å². The summed E-state index contributed by atoms with van der Waals surface area (Å²) in [7, 11) is 0. The lowest BCUT2D eigenvalue weighted by Gasteiger charge is -2.10. The molecule has 0 aromatic heterocycles. The SMILES string of the molecule is Cc1cc(Br)ccc1Oc1ccc([N+](=O)[O-])cc1Br. The van der Waals surface area contributed by atoms with Gasteiger partial charge in [0.05, 0.1) is 9.40 Å². The van der Waals surface area contributed by atoms with Gasteiger partial charge in [-0.15, -0.1) is 0 Å². The predicted octanol–water partition coefficient (Wildman–Crippen LogP) is 5.22. The lowest BCUT2D eigenvalue weighted by Crippen LogP contribution is -1.91. The van der Waals surface area contributed by atoms with Crippen molar-refractivity contribution in [3.05, 3.63) is 61.0 Å². The second kappa shape index (κ2) is 5.71. The average molecular weight is 387 g/mol. The molecule has 98 valence electrons. The molecule has 0 aliphatic rings. The van der Waals surface area contributed by atoms with Gasteiger partial charge in [-0.2, -0.15) is 0 Å². The van der Waals surface area contributed by atoms with Crippen molar-refractivity contribution in [3.63, 3.8) is 0 Å². The van der Waals surface area contributed by atoms with Crippen molar-refractivity contribution >= 4 is 37.5 Å². The van der Waals surface area contributed by atoms with E-state index < -0.39 is 4.92 Å². The Morgan fingerprint density at radius 3 is 2.37 bits per heavy atom. The molecule has 0 N–H and O–H groups in total. The maximum Gasteiger partial charge on any atom is 0.270 e. The third-order valence-electron chi connectivity index (χ3n) is 2.48. The highest BCUT2D eigenvalue weighted by Crippen LogP contribution is 2.34. The van der Waals surface area contributed by atoms with Gasteiger partial charge in [-0.3, -0.25) is 10.1 Å². The summed E-state index contributed by atoms with van der Waals surface area (Å²) in [6, 6.07) is 10.1. The van der Waals surface area contributed by atoms with E-state index in [2.05, 4.69) is 31.9 Å². The van der Waals surface area contributed by atoms with Gasteiger partial charge in [-0.1, -0.05) is 15.9 Å². The maximum absolute atomic E-state index is 10.7. The number of halogens is 2. The molecule has 19 heavy (non-hydrogen) atoms. The first kappa shape index (κ1) is 14.0. The van der Waals surface area contributed by atoms with Crippen LogP contribution in [-0.2, 0) is 0 Å². The molecule has 6 heteroatoms. The van der Waals surface area contributed by atoms with Crippen molar-refractivity contribution in [2.75, 3.05) is 0 Å². The Bertz CT molecular complexity index is 644. The Balaban J connectivity index is 2.31. The van der Waals surface area contributed by atoms with Gasteiger partial charge in [0.1, 0.15) is 11.5 Å². The number of nitrogens with zero attached hydrogens (tertiary/aromatic N) is 1. The Morgan fingerprint density at radius 2 is 1.79 bits per heavy atom. The van der Waals surface area contributed by atoms with Crippen LogP contribution in [0.4, 0.5) is 5.69 Å². The van der Waals surface area contributed by atoms with Crippen LogP contribution in [0.5, 0.6) is 11.5 Å². The van der Waals surface area contributed by atoms with E-state index in [4.69, 9.17) is 4.74 Å². The fourth-order valence-electron chi connectivity index (χ4n) is 1.53. The molecular formula is C13H9Br2NO3. The van der Waals surface area contributed by atoms with Crippen molar-refractivity contribution in [1.29, 1.82) is 0 Å². The minimum absolute atomic E-state index is 0.0201. The molecule has 2 rings (SSSR count). The molecule has 0 bridgehead atoms. The molecule has 0 heterocycles. The summed E-state index contributed by atoms with van der Waals surface area (Å²) in [5.41, 5.74) is 0.992. The summed E-state index contributed by atoms with van der Waals surface area (Å²) < 4.78 is 7.26. The van der Waals surface area contributed by atoms with Crippen LogP contribution in [0.1, 0.15) is 5.56 Å². The highest BCUT2D eigenvalue weighted by molar-refractivity contribution is 9.10. The number of ether oxygens (including phenoxy) is 1. The third kappa shape index (κ3) is 3.33. The molecular weight excluding hydrogens is 378 g/mol. The van der Waals surface area contributed by atoms with E-state index in [-0.39, 0.29) is 5.69 Å². The standard InChI is InChI=1S/C13H9Br2NO3/c1-8-6-9(14)2-4-12(8)19-13-5-3-10(16(17)18)7-11(13)15/h2-7H,1H3. The van der Waals surface area contributed by atoms with E-state index in [1.165, 1.54) is 12.1 Å². The van der Waals surface area contributed by atoms with Crippen LogP contribution in [-0.4, -0.2) is 4.92 Å². The van der Waals surface area contributed by atoms with Crippen LogP contribution in [0, 0.1) is 17.0 Å². The zero-order valence-corrected chi connectivity index (χ0v) is 13.1. The van der Waals surface area contributed by atoms with E-state index in [1.54, 1.807) is 6.07 Å². The summed E-state index contributed by atoms with van der Waals surface area (Å²) in [5, 5.41) is 10.7. The van der Waals surface area contributed by atoms with Crippen LogP contribution >= 0.6 is 31.9 Å². The minimum atomic E-state index is -0.445. The Kier molecular flexibility index (Phi) is 4.21. The first-order chi connectivity index (χ1) is 8.97. The van der Waals surface area contributed by atoms with Crippen molar-refractivity contribution < 1.29 is 9.66 Å². The fraction of sp³-hybridized carbons (Fsp3) is 0.0769. The number of non-ortho nitro benzene ring substituents is 1. The van der Waals surface area contributed by atoms with Gasteiger partial charge in [-0.05, 0) is 52.7 Å². The van der Waals surface area contributed by atoms with Crippen molar-refractivity contribution in [2.24, 2.45) is 0 Å². The Morgan fingerprint density at radius 1 is 1.11 bits per heavy atom. The van der Waals surface area contributed by atoms with Gasteiger partial charge in [0.25, 0.3) is 5.69 Å². The number of nitro benzene ring substituents is 1. The van der Waals surface area contributed by atoms with E-state index in [9.17, 15) is 10.1 Å². The zero-order valence-electron chi connectivity index (χ0n) is 9.89. The van der Waals surface area contributed by atoms with Crippen LogP contribution in [0.25, 0.3) is 0 Å². The molecule has 0 aliphatic carbocycles. The molecule has 0 amide bonds. The molecule has 2 aromatic carbocycles. The first-order valence-electron chi connectivity index (χ1n) is 5.35. The molecule has 0 spiro atoms. The molecule has 2 aromatic rings. The van der Waals surface area contributed by atoms with Gasteiger partial charge < -0.3 is 4.74 Å². The molecule has 0 saturated heterocycles. The van der Waals surface area contributed by atoms with E-state index in [0.717, 1.165) is 10.0 Å². The highest BCUT2D eigenvalue weighted by Gasteiger charge is 2.11. The number of hydrogen-bond acceptors (Lipinski definition) is 3. The van der Waals surface area contributed by atoms with Crippen LogP contribution < -0.4 is 4.74 Å². The second-order valence-corrected chi connectivity index (χ2v) is 5.65.